The first-order valence-electron chi connectivity index (χ1n) is 18.5. The van der Waals surface area contributed by atoms with Crippen LogP contribution in [0.1, 0.15) is 0 Å². The van der Waals surface area contributed by atoms with Gasteiger partial charge in [-0.15, -0.1) is 0 Å². The van der Waals surface area contributed by atoms with E-state index in [1.807, 2.05) is 91.0 Å². The lowest BCUT2D eigenvalue weighted by Gasteiger charge is -2.13. The van der Waals surface area contributed by atoms with E-state index in [4.69, 9.17) is 28.8 Å². The van der Waals surface area contributed by atoms with Gasteiger partial charge < -0.3 is 8.83 Å². The van der Waals surface area contributed by atoms with Crippen LogP contribution in [0.15, 0.2) is 191 Å². The predicted octanol–water partition coefficient (Wildman–Crippen LogP) is 13.1. The van der Waals surface area contributed by atoms with Gasteiger partial charge in [0.2, 0.25) is 5.89 Å². The van der Waals surface area contributed by atoms with Crippen molar-refractivity contribution < 1.29 is 8.83 Å². The van der Waals surface area contributed by atoms with E-state index in [0.29, 0.717) is 28.9 Å². The highest BCUT2D eigenvalue weighted by atomic mass is 16.3. The molecule has 0 bridgehead atoms. The van der Waals surface area contributed by atoms with Gasteiger partial charge in [0, 0.05) is 38.4 Å². The summed E-state index contributed by atoms with van der Waals surface area (Å²) in [5, 5.41) is 4.13. The number of rotatable bonds is 6. The van der Waals surface area contributed by atoms with Crippen LogP contribution in [0.4, 0.5) is 0 Å². The van der Waals surface area contributed by atoms with E-state index < -0.39 is 0 Å². The molecule has 0 aliphatic heterocycles. The minimum absolute atomic E-state index is 0.544. The summed E-state index contributed by atoms with van der Waals surface area (Å²) in [5.41, 5.74) is 11.0. The first-order valence-corrected chi connectivity index (χ1v) is 18.5. The third-order valence-corrected chi connectivity index (χ3v) is 10.4. The Labute approximate surface area is 321 Å². The summed E-state index contributed by atoms with van der Waals surface area (Å²) >= 11 is 0. The minimum Gasteiger partial charge on any atom is -0.456 e. The Morgan fingerprint density at radius 2 is 0.964 bits per heavy atom. The fraction of sp³-hybridized carbons (Fsp3) is 0. The molecule has 8 aromatic carbocycles. The Balaban J connectivity index is 1.08. The third kappa shape index (κ3) is 5.43. The molecule has 11 aromatic rings. The highest BCUT2D eigenvalue weighted by Crippen LogP contribution is 2.38. The molecule has 6 heteroatoms. The summed E-state index contributed by atoms with van der Waals surface area (Å²) < 4.78 is 12.7. The molecule has 56 heavy (non-hydrogen) atoms. The normalized spacial score (nSPS) is 11.6. The molecule has 3 aromatic heterocycles. The van der Waals surface area contributed by atoms with Crippen molar-refractivity contribution in [2.45, 2.75) is 0 Å². The van der Waals surface area contributed by atoms with E-state index in [1.165, 1.54) is 0 Å². The van der Waals surface area contributed by atoms with Gasteiger partial charge in [-0.05, 0) is 64.0 Å². The van der Waals surface area contributed by atoms with Crippen LogP contribution < -0.4 is 0 Å². The predicted molar refractivity (Wildman–Crippen MR) is 225 cm³/mol. The van der Waals surface area contributed by atoms with Crippen LogP contribution in [0.5, 0.6) is 0 Å². The lowest BCUT2D eigenvalue weighted by atomic mass is 9.98. The van der Waals surface area contributed by atoms with Gasteiger partial charge in [-0.25, -0.2) is 19.9 Å². The maximum atomic E-state index is 6.55. The molecule has 0 atom stereocenters. The molecular formula is C50H30N4O2. The van der Waals surface area contributed by atoms with Crippen LogP contribution in [0.3, 0.4) is 0 Å². The van der Waals surface area contributed by atoms with Gasteiger partial charge in [0.25, 0.3) is 0 Å². The van der Waals surface area contributed by atoms with Crippen molar-refractivity contribution in [1.82, 2.24) is 19.9 Å². The second-order valence-electron chi connectivity index (χ2n) is 13.8. The summed E-state index contributed by atoms with van der Waals surface area (Å²) in [7, 11) is 0. The number of nitrogens with zero attached hydrogens (tertiary/aromatic N) is 4. The standard InChI is InChI=1S/C50H30N4O2/c1-3-12-32(13-4-1)37-17-7-8-19-40(37)48-52-47(34-24-22-31(23-25-34)36-26-28-39-38-18-9-10-21-43(38)55-44(39)30-36)53-49(54-48)41-20-11-16-33-27-29-42-46(45(33)41)56-50(51-42)35-14-5-2-6-15-35/h1-30H. The van der Waals surface area contributed by atoms with E-state index in [1.54, 1.807) is 0 Å². The topological polar surface area (TPSA) is 77.8 Å². The van der Waals surface area contributed by atoms with Crippen molar-refractivity contribution in [1.29, 1.82) is 0 Å². The smallest absolute Gasteiger partial charge is 0.227 e. The van der Waals surface area contributed by atoms with Crippen molar-refractivity contribution in [3.05, 3.63) is 182 Å². The fourth-order valence-electron chi connectivity index (χ4n) is 7.66. The largest absolute Gasteiger partial charge is 0.456 e. The summed E-state index contributed by atoms with van der Waals surface area (Å²) in [6.45, 7) is 0. The molecule has 0 saturated carbocycles. The number of benzene rings is 8. The Bertz CT molecular complexity index is 3240. The van der Waals surface area contributed by atoms with E-state index in [9.17, 15) is 0 Å². The number of furan rings is 1. The van der Waals surface area contributed by atoms with Gasteiger partial charge in [0.1, 0.15) is 16.7 Å². The van der Waals surface area contributed by atoms with E-state index in [2.05, 4.69) is 91.0 Å². The van der Waals surface area contributed by atoms with Gasteiger partial charge in [0.05, 0.1) is 0 Å². The molecule has 0 aliphatic rings. The second-order valence-corrected chi connectivity index (χ2v) is 13.8. The van der Waals surface area contributed by atoms with E-state index in [-0.39, 0.29) is 0 Å². The zero-order valence-electron chi connectivity index (χ0n) is 29.9. The number of oxazole rings is 1. The lowest BCUT2D eigenvalue weighted by Crippen LogP contribution is -2.01. The molecule has 0 fully saturated rings. The van der Waals surface area contributed by atoms with E-state index in [0.717, 1.165) is 82.7 Å². The lowest BCUT2D eigenvalue weighted by molar-refractivity contribution is 0.623. The number of para-hydroxylation sites is 1. The molecule has 0 radical (unpaired) electrons. The van der Waals surface area contributed by atoms with E-state index >= 15 is 0 Å². The molecule has 0 spiro atoms. The van der Waals surface area contributed by atoms with Gasteiger partial charge in [-0.2, -0.15) is 0 Å². The average molecular weight is 719 g/mol. The summed E-state index contributed by atoms with van der Waals surface area (Å²) in [6, 6.07) is 61.7. The number of hydrogen-bond acceptors (Lipinski definition) is 6. The maximum Gasteiger partial charge on any atom is 0.227 e. The van der Waals surface area contributed by atoms with Crippen LogP contribution in [-0.2, 0) is 0 Å². The molecule has 0 saturated heterocycles. The zero-order valence-corrected chi connectivity index (χ0v) is 29.9. The quantitative estimate of drug-likeness (QED) is 0.170. The van der Waals surface area contributed by atoms with Crippen LogP contribution in [0.2, 0.25) is 0 Å². The Morgan fingerprint density at radius 3 is 1.79 bits per heavy atom. The summed E-state index contributed by atoms with van der Waals surface area (Å²) in [6.07, 6.45) is 0. The number of fused-ring (bicyclic) bond motifs is 6. The minimum atomic E-state index is 0.544. The van der Waals surface area contributed by atoms with Crippen LogP contribution in [0.25, 0.3) is 112 Å². The summed E-state index contributed by atoms with van der Waals surface area (Å²) in [5.74, 6) is 2.26. The highest BCUT2D eigenvalue weighted by Gasteiger charge is 2.20. The molecular weight excluding hydrogens is 689 g/mol. The molecule has 3 heterocycles. The average Bonchev–Trinajstić information content (AvgIpc) is 3.89. The molecule has 0 aliphatic carbocycles. The first-order chi connectivity index (χ1) is 27.7. The highest BCUT2D eigenvalue weighted by molar-refractivity contribution is 6.11. The Kier molecular flexibility index (Phi) is 7.38. The van der Waals surface area contributed by atoms with Crippen molar-refractivity contribution in [2.24, 2.45) is 0 Å². The molecule has 6 nitrogen and oxygen atoms in total. The van der Waals surface area contributed by atoms with Crippen molar-refractivity contribution in [2.75, 3.05) is 0 Å². The van der Waals surface area contributed by atoms with Gasteiger partial charge >= 0.3 is 0 Å². The Hall–Kier alpha value is -7.70. The van der Waals surface area contributed by atoms with Crippen molar-refractivity contribution >= 4 is 43.8 Å². The Morgan fingerprint density at radius 1 is 0.339 bits per heavy atom. The maximum absolute atomic E-state index is 6.55. The van der Waals surface area contributed by atoms with Crippen LogP contribution in [-0.4, -0.2) is 19.9 Å². The second kappa shape index (κ2) is 13.0. The van der Waals surface area contributed by atoms with Gasteiger partial charge in [-0.1, -0.05) is 146 Å². The molecule has 0 N–H and O–H groups in total. The molecule has 0 unspecified atom stereocenters. The molecule has 11 rings (SSSR count). The zero-order chi connectivity index (χ0) is 37.0. The number of hydrogen-bond donors (Lipinski definition) is 0. The monoisotopic (exact) mass is 718 g/mol. The van der Waals surface area contributed by atoms with Crippen molar-refractivity contribution in [3.63, 3.8) is 0 Å². The summed E-state index contributed by atoms with van der Waals surface area (Å²) in [4.78, 5) is 20.5. The fourth-order valence-corrected chi connectivity index (χ4v) is 7.66. The molecule has 0 amide bonds. The van der Waals surface area contributed by atoms with Crippen LogP contribution >= 0.6 is 0 Å². The van der Waals surface area contributed by atoms with Gasteiger partial charge in [-0.3, -0.25) is 0 Å². The first kappa shape index (κ1) is 31.8. The SMILES string of the molecule is c1ccc(-c2nc3ccc4cccc(-c5nc(-c6ccc(-c7ccc8c(c7)oc7ccccc78)cc6)nc(-c6ccccc6-c6ccccc6)n5)c4c3o2)cc1. The molecule has 262 valence electrons. The van der Waals surface area contributed by atoms with Crippen molar-refractivity contribution in [3.8, 4) is 67.9 Å². The van der Waals surface area contributed by atoms with Gasteiger partial charge in [0.15, 0.2) is 23.1 Å². The number of aromatic nitrogens is 4. The van der Waals surface area contributed by atoms with Crippen LogP contribution in [0, 0.1) is 0 Å². The third-order valence-electron chi connectivity index (χ3n) is 10.4.